The van der Waals surface area contributed by atoms with E-state index in [0.29, 0.717) is 0 Å². The van der Waals surface area contributed by atoms with Gasteiger partial charge in [0.1, 0.15) is 0 Å². The molecule has 0 radical (unpaired) electrons. The molecule has 0 amide bonds. The van der Waals surface area contributed by atoms with E-state index in [-0.39, 0.29) is 0 Å². The van der Waals surface area contributed by atoms with Gasteiger partial charge in [-0.1, -0.05) is 72.8 Å². The first-order valence-corrected chi connectivity index (χ1v) is 18.0. The van der Waals surface area contributed by atoms with Crippen LogP contribution in [0.2, 0.25) is 0 Å². The summed E-state index contributed by atoms with van der Waals surface area (Å²) in [6, 6.07) is 41.3. The van der Waals surface area contributed by atoms with Crippen molar-refractivity contribution in [1.29, 1.82) is 0 Å². The minimum Gasteiger partial charge on any atom is -0.251 e. The third-order valence-corrected chi connectivity index (χ3v) is 9.30. The molecule has 4 aromatic carbocycles. The van der Waals surface area contributed by atoms with Gasteiger partial charge in [-0.05, 0) is 144 Å². The summed E-state index contributed by atoms with van der Waals surface area (Å²) in [5, 5.41) is 0. The van der Waals surface area contributed by atoms with Gasteiger partial charge in [0.25, 0.3) is 0 Å². The van der Waals surface area contributed by atoms with E-state index in [0.717, 1.165) is 97.0 Å². The third kappa shape index (κ3) is 9.21. The molecular weight excluding hydrogens is 649 g/mol. The lowest BCUT2D eigenvalue weighted by Gasteiger charge is -2.10. The molecule has 0 aliphatic carbocycles. The molecule has 6 aromatic rings. The molecule has 2 heterocycles. The van der Waals surface area contributed by atoms with Crippen molar-refractivity contribution in [3.8, 4) is 0 Å². The Morgan fingerprint density at radius 3 is 1.02 bits per heavy atom. The first-order valence-electron chi connectivity index (χ1n) is 18.0. The zero-order valence-corrected chi connectivity index (χ0v) is 31.9. The molecule has 0 saturated carbocycles. The SMILES string of the molecule is C/C(=N\c1ccccc1C)c1cccc(/C(C)=N/c2ccc(Cc3ccc(/N=C(\C)c4cccc(/C(C)=N/c5ccccc5C)n4)c(C)c3)cc2C)n1. The van der Waals surface area contributed by atoms with E-state index in [2.05, 4.69) is 76.2 Å². The Kier molecular flexibility index (Phi) is 11.4. The highest BCUT2D eigenvalue weighted by atomic mass is 14.8. The molecule has 0 aliphatic rings. The normalized spacial score (nSPS) is 12.7. The molecule has 0 fully saturated rings. The number of benzene rings is 4. The first-order chi connectivity index (χ1) is 25.5. The van der Waals surface area contributed by atoms with Crippen LogP contribution >= 0.6 is 0 Å². The van der Waals surface area contributed by atoms with Gasteiger partial charge in [0.05, 0.1) is 68.4 Å². The van der Waals surface area contributed by atoms with Crippen molar-refractivity contribution >= 4 is 45.6 Å². The summed E-state index contributed by atoms with van der Waals surface area (Å²) in [5.74, 6) is 0. The quantitative estimate of drug-likeness (QED) is 0.134. The van der Waals surface area contributed by atoms with E-state index in [4.69, 9.17) is 29.9 Å². The minimum atomic E-state index is 0.819. The number of rotatable bonds is 10. The standard InChI is InChI=1S/C47H46N6/c1-30-15-9-11-17-40(30)48-34(5)44-19-13-21-46(52-44)36(7)50-42-25-23-38(27-32(42)3)29-39-24-26-43(33(4)28-39)51-37(8)47-22-14-20-45(53-47)35(6)49-41-18-12-10-16-31(41)2/h9-28H,29H2,1-8H3/b48-34+,49-35+,50-36+,51-37+. The summed E-state index contributed by atoms with van der Waals surface area (Å²) >= 11 is 0. The van der Waals surface area contributed by atoms with Gasteiger partial charge in [-0.15, -0.1) is 0 Å². The molecule has 0 saturated heterocycles. The summed E-state index contributed by atoms with van der Waals surface area (Å²) < 4.78 is 0. The van der Waals surface area contributed by atoms with Gasteiger partial charge in [0.15, 0.2) is 0 Å². The van der Waals surface area contributed by atoms with Crippen LogP contribution in [0.25, 0.3) is 0 Å². The summed E-state index contributed by atoms with van der Waals surface area (Å²) in [6.45, 7) is 16.4. The fraction of sp³-hybridized carbons (Fsp3) is 0.191. The molecule has 53 heavy (non-hydrogen) atoms. The molecule has 0 N–H and O–H groups in total. The smallest absolute Gasteiger partial charge is 0.0849 e. The number of pyridine rings is 2. The van der Waals surface area contributed by atoms with Crippen LogP contribution in [0.15, 0.2) is 141 Å². The van der Waals surface area contributed by atoms with E-state index in [1.54, 1.807) is 0 Å². The number of aliphatic imine (C=N–C) groups is 4. The van der Waals surface area contributed by atoms with E-state index in [9.17, 15) is 0 Å². The van der Waals surface area contributed by atoms with Crippen LogP contribution in [-0.2, 0) is 6.42 Å². The highest BCUT2D eigenvalue weighted by Crippen LogP contribution is 2.26. The maximum absolute atomic E-state index is 4.98. The van der Waals surface area contributed by atoms with Crippen LogP contribution < -0.4 is 0 Å². The van der Waals surface area contributed by atoms with Gasteiger partial charge in [0, 0.05) is 0 Å². The summed E-state index contributed by atoms with van der Waals surface area (Å²) in [7, 11) is 0. The van der Waals surface area contributed by atoms with Gasteiger partial charge >= 0.3 is 0 Å². The van der Waals surface area contributed by atoms with E-state index in [1.807, 2.05) is 100 Å². The number of aryl methyl sites for hydroxylation is 4. The Morgan fingerprint density at radius 2 is 0.698 bits per heavy atom. The number of hydrogen-bond donors (Lipinski definition) is 0. The first kappa shape index (κ1) is 36.6. The molecule has 0 bridgehead atoms. The van der Waals surface area contributed by atoms with Crippen molar-refractivity contribution in [3.05, 3.63) is 177 Å². The predicted molar refractivity (Wildman–Crippen MR) is 223 cm³/mol. The maximum atomic E-state index is 4.98. The highest BCUT2D eigenvalue weighted by Gasteiger charge is 2.10. The van der Waals surface area contributed by atoms with Crippen LogP contribution in [0.5, 0.6) is 0 Å². The average Bonchev–Trinajstić information content (AvgIpc) is 3.15. The second kappa shape index (κ2) is 16.5. The molecule has 6 nitrogen and oxygen atoms in total. The van der Waals surface area contributed by atoms with Crippen LogP contribution in [0, 0.1) is 27.7 Å². The molecule has 6 heteroatoms. The Bertz CT molecular complexity index is 2240. The topological polar surface area (TPSA) is 75.2 Å². The Morgan fingerprint density at radius 1 is 0.377 bits per heavy atom. The van der Waals surface area contributed by atoms with E-state index < -0.39 is 0 Å². The van der Waals surface area contributed by atoms with Crippen molar-refractivity contribution in [2.24, 2.45) is 20.0 Å². The maximum Gasteiger partial charge on any atom is 0.0849 e. The fourth-order valence-corrected chi connectivity index (χ4v) is 6.15. The molecule has 0 spiro atoms. The lowest BCUT2D eigenvalue weighted by Crippen LogP contribution is -2.05. The molecule has 2 aromatic heterocycles. The zero-order chi connectivity index (χ0) is 37.5. The predicted octanol–water partition coefficient (Wildman–Crippen LogP) is 11.9. The van der Waals surface area contributed by atoms with Gasteiger partial charge < -0.3 is 0 Å². The second-order valence-corrected chi connectivity index (χ2v) is 13.6. The van der Waals surface area contributed by atoms with Gasteiger partial charge in [-0.3, -0.25) is 20.0 Å². The molecule has 0 unspecified atom stereocenters. The third-order valence-electron chi connectivity index (χ3n) is 9.30. The van der Waals surface area contributed by atoms with Crippen molar-refractivity contribution in [1.82, 2.24) is 9.97 Å². The highest BCUT2D eigenvalue weighted by molar-refractivity contribution is 6.03. The van der Waals surface area contributed by atoms with Crippen LogP contribution in [-0.4, -0.2) is 32.8 Å². The summed E-state index contributed by atoms with van der Waals surface area (Å²) in [6.07, 6.45) is 0.819. The molecule has 6 rings (SSSR count). The van der Waals surface area contributed by atoms with Gasteiger partial charge in [0.2, 0.25) is 0 Å². The van der Waals surface area contributed by atoms with Crippen molar-refractivity contribution in [2.45, 2.75) is 61.8 Å². The summed E-state index contributed by atoms with van der Waals surface area (Å²) in [4.78, 5) is 29.4. The average molecular weight is 695 g/mol. The Balaban J connectivity index is 1.14. The van der Waals surface area contributed by atoms with Crippen LogP contribution in [0.1, 0.15) is 83.9 Å². The van der Waals surface area contributed by atoms with Crippen LogP contribution in [0.4, 0.5) is 22.7 Å². The van der Waals surface area contributed by atoms with Crippen molar-refractivity contribution < 1.29 is 0 Å². The van der Waals surface area contributed by atoms with Gasteiger partial charge in [-0.2, -0.15) is 0 Å². The van der Waals surface area contributed by atoms with Gasteiger partial charge in [-0.25, -0.2) is 9.97 Å². The monoisotopic (exact) mass is 694 g/mol. The fourth-order valence-electron chi connectivity index (χ4n) is 6.15. The van der Waals surface area contributed by atoms with E-state index in [1.165, 1.54) is 11.1 Å². The molecule has 264 valence electrons. The number of nitrogens with zero attached hydrogens (tertiary/aromatic N) is 6. The Hall–Kier alpha value is -6.14. The second-order valence-electron chi connectivity index (χ2n) is 13.6. The Labute approximate surface area is 313 Å². The number of para-hydroxylation sites is 2. The number of aromatic nitrogens is 2. The minimum absolute atomic E-state index is 0.819. The lowest BCUT2D eigenvalue weighted by atomic mass is 10.00. The lowest BCUT2D eigenvalue weighted by molar-refractivity contribution is 1.16. The summed E-state index contributed by atoms with van der Waals surface area (Å²) in [5.41, 5.74) is 17.6. The molecule has 0 atom stereocenters. The molecular formula is C47H46N6. The van der Waals surface area contributed by atoms with Crippen LogP contribution in [0.3, 0.4) is 0 Å². The zero-order valence-electron chi connectivity index (χ0n) is 31.9. The number of hydrogen-bond acceptors (Lipinski definition) is 6. The van der Waals surface area contributed by atoms with E-state index >= 15 is 0 Å². The van der Waals surface area contributed by atoms with Crippen molar-refractivity contribution in [2.75, 3.05) is 0 Å². The largest absolute Gasteiger partial charge is 0.251 e. The van der Waals surface area contributed by atoms with Crippen molar-refractivity contribution in [3.63, 3.8) is 0 Å². The molecule has 0 aliphatic heterocycles.